The minimum atomic E-state index is -3.55. The summed E-state index contributed by atoms with van der Waals surface area (Å²) in [5.74, 6) is -0.242. The minimum absolute atomic E-state index is 0.242. The van der Waals surface area contributed by atoms with Gasteiger partial charge in [-0.25, -0.2) is 0 Å². The van der Waals surface area contributed by atoms with Gasteiger partial charge in [0.15, 0.2) is 0 Å². The summed E-state index contributed by atoms with van der Waals surface area (Å²) in [7, 11) is 0.859. The summed E-state index contributed by atoms with van der Waals surface area (Å²) < 4.78 is 26.5. The van der Waals surface area contributed by atoms with E-state index in [4.69, 9.17) is 0 Å². The van der Waals surface area contributed by atoms with Gasteiger partial charge in [0, 0.05) is 32.4 Å². The first kappa shape index (κ1) is 19.0. The molecule has 2 aromatic rings. The summed E-state index contributed by atoms with van der Waals surface area (Å²) in [6.45, 7) is 2.07. The van der Waals surface area contributed by atoms with Crippen LogP contribution in [-0.4, -0.2) is 39.8 Å². The molecule has 0 aromatic heterocycles. The lowest BCUT2D eigenvalue weighted by Gasteiger charge is -2.23. The smallest absolute Gasteiger partial charge is 0.303 e. The Morgan fingerprint density at radius 3 is 2.00 bits per heavy atom. The maximum Gasteiger partial charge on any atom is 0.303 e. The number of benzene rings is 2. The Hall–Kier alpha value is -2.38. The Balaban J connectivity index is 2.12. The molecule has 2 rings (SSSR count). The van der Waals surface area contributed by atoms with E-state index in [-0.39, 0.29) is 5.91 Å². The van der Waals surface area contributed by atoms with Gasteiger partial charge in [-0.15, -0.1) is 0 Å². The Kier molecular flexibility index (Phi) is 5.81. The van der Waals surface area contributed by atoms with Gasteiger partial charge in [0.25, 0.3) is 5.91 Å². The molecule has 2 aromatic carbocycles. The van der Waals surface area contributed by atoms with E-state index in [2.05, 4.69) is 12.2 Å². The molecule has 7 heteroatoms. The lowest BCUT2D eigenvalue weighted by atomic mass is 10.1. The second-order valence-corrected chi connectivity index (χ2v) is 7.98. The van der Waals surface area contributed by atoms with Crippen LogP contribution in [0.15, 0.2) is 48.5 Å². The number of carbonyl (C=O) groups is 1. The quantitative estimate of drug-likeness (QED) is 0.860. The van der Waals surface area contributed by atoms with Gasteiger partial charge in [0.1, 0.15) is 0 Å². The third kappa shape index (κ3) is 4.37. The number of hydrogen-bond acceptors (Lipinski definition) is 3. The highest BCUT2D eigenvalue weighted by Gasteiger charge is 2.21. The predicted molar refractivity (Wildman–Crippen MR) is 101 cm³/mol. The van der Waals surface area contributed by atoms with Crippen molar-refractivity contribution in [1.29, 1.82) is 0 Å². The van der Waals surface area contributed by atoms with Gasteiger partial charge in [-0.3, -0.25) is 9.10 Å². The van der Waals surface area contributed by atoms with Gasteiger partial charge in [-0.05, 0) is 48.4 Å². The fraction of sp³-hybridized carbons (Fsp3) is 0.278. The van der Waals surface area contributed by atoms with Crippen LogP contribution in [0.2, 0.25) is 0 Å². The minimum Gasteiger partial charge on any atom is -0.322 e. The molecule has 6 nitrogen and oxygen atoms in total. The highest BCUT2D eigenvalue weighted by Crippen LogP contribution is 2.19. The molecule has 25 heavy (non-hydrogen) atoms. The first-order valence-corrected chi connectivity index (χ1v) is 9.32. The molecular formula is C18H23N3O3S. The van der Waals surface area contributed by atoms with Crippen LogP contribution < -0.4 is 9.62 Å². The van der Waals surface area contributed by atoms with Crippen molar-refractivity contribution < 1.29 is 13.2 Å². The van der Waals surface area contributed by atoms with E-state index >= 15 is 0 Å². The summed E-state index contributed by atoms with van der Waals surface area (Å²) in [5.41, 5.74) is 2.86. The lowest BCUT2D eigenvalue weighted by Crippen LogP contribution is -2.37. The normalized spacial score (nSPS) is 11.4. The van der Waals surface area contributed by atoms with Crippen molar-refractivity contribution in [2.24, 2.45) is 0 Å². The summed E-state index contributed by atoms with van der Waals surface area (Å²) in [5, 5.41) is 2.83. The van der Waals surface area contributed by atoms with E-state index in [1.165, 1.54) is 26.7 Å². The molecule has 0 spiro atoms. The molecule has 0 saturated heterocycles. The Morgan fingerprint density at radius 2 is 1.52 bits per heavy atom. The van der Waals surface area contributed by atoms with E-state index in [0.29, 0.717) is 11.3 Å². The van der Waals surface area contributed by atoms with Crippen molar-refractivity contribution in [1.82, 2.24) is 4.31 Å². The summed E-state index contributed by atoms with van der Waals surface area (Å²) >= 11 is 0. The van der Waals surface area contributed by atoms with Crippen molar-refractivity contribution in [3.8, 4) is 0 Å². The summed E-state index contributed by atoms with van der Waals surface area (Å²) in [6, 6.07) is 14.1. The number of aryl methyl sites for hydroxylation is 1. The standard InChI is InChI=1S/C18H23N3O3S/c1-5-14-6-10-16(11-7-14)19-18(22)15-8-12-17(13-9-15)21(4)25(23,24)20(2)3/h6-13H,5H2,1-4H3,(H,19,22). The zero-order valence-electron chi connectivity index (χ0n) is 14.9. The Morgan fingerprint density at radius 1 is 0.960 bits per heavy atom. The lowest BCUT2D eigenvalue weighted by molar-refractivity contribution is 0.102. The van der Waals surface area contributed by atoms with Crippen molar-refractivity contribution in [3.63, 3.8) is 0 Å². The monoisotopic (exact) mass is 361 g/mol. The van der Waals surface area contributed by atoms with E-state index in [1.54, 1.807) is 24.3 Å². The molecule has 1 N–H and O–H groups in total. The van der Waals surface area contributed by atoms with Crippen LogP contribution in [0, 0.1) is 0 Å². The highest BCUT2D eigenvalue weighted by molar-refractivity contribution is 7.90. The zero-order chi connectivity index (χ0) is 18.6. The third-order valence-corrected chi connectivity index (χ3v) is 5.75. The van der Waals surface area contributed by atoms with Crippen LogP contribution in [0.25, 0.3) is 0 Å². The second kappa shape index (κ2) is 7.67. The molecule has 0 heterocycles. The number of amides is 1. The molecule has 0 aliphatic carbocycles. The van der Waals surface area contributed by atoms with E-state index in [1.807, 2.05) is 24.3 Å². The van der Waals surface area contributed by atoms with Crippen LogP contribution in [0.4, 0.5) is 11.4 Å². The number of carbonyl (C=O) groups excluding carboxylic acids is 1. The zero-order valence-corrected chi connectivity index (χ0v) is 15.7. The van der Waals surface area contributed by atoms with Crippen LogP contribution in [0.1, 0.15) is 22.8 Å². The number of rotatable bonds is 6. The van der Waals surface area contributed by atoms with Crippen LogP contribution in [0.3, 0.4) is 0 Å². The van der Waals surface area contributed by atoms with Crippen molar-refractivity contribution in [2.45, 2.75) is 13.3 Å². The van der Waals surface area contributed by atoms with Gasteiger partial charge >= 0.3 is 10.2 Å². The molecule has 0 aliphatic rings. The molecule has 0 atom stereocenters. The molecule has 0 unspecified atom stereocenters. The average molecular weight is 361 g/mol. The average Bonchev–Trinajstić information content (AvgIpc) is 2.61. The largest absolute Gasteiger partial charge is 0.322 e. The van der Waals surface area contributed by atoms with Crippen molar-refractivity contribution in [3.05, 3.63) is 59.7 Å². The molecular weight excluding hydrogens is 338 g/mol. The molecule has 0 fully saturated rings. The van der Waals surface area contributed by atoms with Gasteiger partial charge in [-0.1, -0.05) is 19.1 Å². The molecule has 0 bridgehead atoms. The van der Waals surface area contributed by atoms with E-state index in [0.717, 1.165) is 20.7 Å². The van der Waals surface area contributed by atoms with Crippen LogP contribution >= 0.6 is 0 Å². The maximum absolute atomic E-state index is 12.3. The Bertz CT molecular complexity index is 829. The van der Waals surface area contributed by atoms with Gasteiger partial charge < -0.3 is 5.32 Å². The maximum atomic E-state index is 12.3. The van der Waals surface area contributed by atoms with Crippen molar-refractivity contribution in [2.75, 3.05) is 30.8 Å². The van der Waals surface area contributed by atoms with E-state index < -0.39 is 10.2 Å². The van der Waals surface area contributed by atoms with Crippen LogP contribution in [0.5, 0.6) is 0 Å². The number of nitrogens with one attached hydrogen (secondary N) is 1. The SMILES string of the molecule is CCc1ccc(NC(=O)c2ccc(N(C)S(=O)(=O)N(C)C)cc2)cc1. The second-order valence-electron chi connectivity index (χ2n) is 5.81. The fourth-order valence-corrected chi connectivity index (χ4v) is 3.11. The highest BCUT2D eigenvalue weighted by atomic mass is 32.2. The first-order chi connectivity index (χ1) is 11.8. The van der Waals surface area contributed by atoms with Gasteiger partial charge in [0.2, 0.25) is 0 Å². The molecule has 0 saturated carbocycles. The Labute approximate surface area is 149 Å². The molecule has 0 radical (unpaired) electrons. The van der Waals surface area contributed by atoms with E-state index in [9.17, 15) is 13.2 Å². The molecule has 1 amide bonds. The fourth-order valence-electron chi connectivity index (χ4n) is 2.23. The molecule has 134 valence electrons. The summed E-state index contributed by atoms with van der Waals surface area (Å²) in [6.07, 6.45) is 0.944. The topological polar surface area (TPSA) is 69.7 Å². The third-order valence-electron chi connectivity index (χ3n) is 3.92. The number of nitrogens with zero attached hydrogens (tertiary/aromatic N) is 2. The number of anilines is 2. The van der Waals surface area contributed by atoms with Crippen LogP contribution in [-0.2, 0) is 16.6 Å². The predicted octanol–water partition coefficient (Wildman–Crippen LogP) is 2.74. The molecule has 0 aliphatic heterocycles. The number of hydrogen-bond donors (Lipinski definition) is 1. The first-order valence-electron chi connectivity index (χ1n) is 7.92. The summed E-state index contributed by atoms with van der Waals surface area (Å²) in [4.78, 5) is 12.3. The van der Waals surface area contributed by atoms with Crippen molar-refractivity contribution >= 4 is 27.5 Å². The van der Waals surface area contributed by atoms with Gasteiger partial charge in [0.05, 0.1) is 5.69 Å². The van der Waals surface area contributed by atoms with Gasteiger partial charge in [-0.2, -0.15) is 12.7 Å².